The number of nitrogen functional groups attached to an aromatic ring is 1. The van der Waals surface area contributed by atoms with Crippen LogP contribution in [0.1, 0.15) is 23.6 Å². The highest BCUT2D eigenvalue weighted by molar-refractivity contribution is 6.15. The molecule has 3 rings (SSSR count). The molecule has 1 saturated heterocycles. The van der Waals surface area contributed by atoms with Gasteiger partial charge in [0.05, 0.1) is 18.9 Å². The summed E-state index contributed by atoms with van der Waals surface area (Å²) in [5.74, 6) is 0.573. The van der Waals surface area contributed by atoms with Gasteiger partial charge in [0.1, 0.15) is 5.82 Å². The Balaban J connectivity index is 1.89. The molecule has 140 valence electrons. The molecule has 1 fully saturated rings. The largest absolute Gasteiger partial charge is 0.426 e. The van der Waals surface area contributed by atoms with E-state index in [1.54, 1.807) is 30.5 Å². The molecule has 0 unspecified atom stereocenters. The lowest BCUT2D eigenvalue weighted by molar-refractivity contribution is 0.122. The van der Waals surface area contributed by atoms with E-state index < -0.39 is 0 Å². The number of nitrogens with one attached hydrogen (secondary N) is 3. The standard InChI is InChI=1S/C19H22N6O2/c1-12(20)27-19(23)14-2-3-16(21)15(10-14)18(22)13-4-5-24-17(11-13)25-6-8-26-9-7-25/h2-5,10-11,20,22-23H,6-9,21H2,1H3. The van der Waals surface area contributed by atoms with Crippen molar-refractivity contribution in [1.82, 2.24) is 4.98 Å². The second-order valence-electron chi connectivity index (χ2n) is 6.17. The molecule has 1 aliphatic rings. The predicted octanol–water partition coefficient (Wildman–Crippen LogP) is 2.26. The molecule has 5 N–H and O–H groups in total. The van der Waals surface area contributed by atoms with Crippen LogP contribution in [0.15, 0.2) is 36.5 Å². The molecule has 27 heavy (non-hydrogen) atoms. The van der Waals surface area contributed by atoms with Crippen molar-refractivity contribution in [2.24, 2.45) is 0 Å². The van der Waals surface area contributed by atoms with E-state index in [0.717, 1.165) is 18.9 Å². The van der Waals surface area contributed by atoms with E-state index in [1.807, 2.05) is 6.07 Å². The Morgan fingerprint density at radius 3 is 2.56 bits per heavy atom. The normalized spacial score (nSPS) is 13.9. The topological polar surface area (TPSA) is 132 Å². The molecule has 0 aliphatic carbocycles. The van der Waals surface area contributed by atoms with Crippen LogP contribution in [0.4, 0.5) is 11.5 Å². The van der Waals surface area contributed by atoms with Gasteiger partial charge in [-0.1, -0.05) is 0 Å². The zero-order valence-electron chi connectivity index (χ0n) is 15.1. The van der Waals surface area contributed by atoms with Crippen LogP contribution in [-0.4, -0.2) is 48.8 Å². The minimum absolute atomic E-state index is 0.0715. The molecule has 2 heterocycles. The van der Waals surface area contributed by atoms with Crippen molar-refractivity contribution in [3.63, 3.8) is 0 Å². The summed E-state index contributed by atoms with van der Waals surface area (Å²) in [6.45, 7) is 4.30. The second kappa shape index (κ2) is 7.96. The third kappa shape index (κ3) is 4.29. The van der Waals surface area contributed by atoms with Crippen molar-refractivity contribution < 1.29 is 9.47 Å². The quantitative estimate of drug-likeness (QED) is 0.374. The van der Waals surface area contributed by atoms with Gasteiger partial charge in [0.2, 0.25) is 5.90 Å². The van der Waals surface area contributed by atoms with Crippen molar-refractivity contribution in [1.29, 1.82) is 16.2 Å². The number of hydrogen-bond acceptors (Lipinski definition) is 8. The number of benzene rings is 1. The Hall–Kier alpha value is -3.26. The first kappa shape index (κ1) is 18.5. The van der Waals surface area contributed by atoms with E-state index in [2.05, 4.69) is 9.88 Å². The van der Waals surface area contributed by atoms with Crippen LogP contribution < -0.4 is 10.6 Å². The zero-order chi connectivity index (χ0) is 19.4. The number of rotatable bonds is 4. The molecule has 0 radical (unpaired) electrons. The van der Waals surface area contributed by atoms with Gasteiger partial charge in [-0.05, 0) is 30.3 Å². The fraction of sp³-hybridized carbons (Fsp3) is 0.263. The summed E-state index contributed by atoms with van der Waals surface area (Å²) >= 11 is 0. The predicted molar refractivity (Wildman–Crippen MR) is 105 cm³/mol. The van der Waals surface area contributed by atoms with E-state index in [-0.39, 0.29) is 17.5 Å². The first-order valence-corrected chi connectivity index (χ1v) is 8.55. The molecule has 0 saturated carbocycles. The first-order valence-electron chi connectivity index (χ1n) is 8.55. The lowest BCUT2D eigenvalue weighted by Gasteiger charge is -2.28. The van der Waals surface area contributed by atoms with Gasteiger partial charge in [0, 0.05) is 48.6 Å². The van der Waals surface area contributed by atoms with Crippen molar-refractivity contribution in [3.05, 3.63) is 53.2 Å². The molecule has 0 amide bonds. The molecular formula is C19H22N6O2. The van der Waals surface area contributed by atoms with Crippen LogP contribution in [0.5, 0.6) is 0 Å². The van der Waals surface area contributed by atoms with Gasteiger partial charge < -0.3 is 20.1 Å². The van der Waals surface area contributed by atoms with E-state index in [9.17, 15) is 0 Å². The van der Waals surface area contributed by atoms with Gasteiger partial charge in [-0.15, -0.1) is 0 Å². The number of aromatic nitrogens is 1. The summed E-state index contributed by atoms with van der Waals surface area (Å²) in [5, 5.41) is 23.9. The lowest BCUT2D eigenvalue weighted by atomic mass is 9.99. The van der Waals surface area contributed by atoms with Crippen LogP contribution in [0.25, 0.3) is 0 Å². The van der Waals surface area contributed by atoms with Crippen molar-refractivity contribution in [3.8, 4) is 0 Å². The molecule has 0 spiro atoms. The van der Waals surface area contributed by atoms with E-state index in [1.165, 1.54) is 6.92 Å². The fourth-order valence-corrected chi connectivity index (χ4v) is 2.82. The molecular weight excluding hydrogens is 344 g/mol. The Morgan fingerprint density at radius 2 is 1.85 bits per heavy atom. The SMILES string of the molecule is CC(=N)OC(=N)c1ccc(N)c(C(=N)c2ccnc(N3CCOCC3)c2)c1. The minimum Gasteiger partial charge on any atom is -0.426 e. The Kier molecular flexibility index (Phi) is 5.46. The minimum atomic E-state index is -0.153. The number of nitrogens with zero attached hydrogens (tertiary/aromatic N) is 2. The summed E-state index contributed by atoms with van der Waals surface area (Å²) < 4.78 is 10.4. The molecule has 2 aromatic rings. The lowest BCUT2D eigenvalue weighted by Crippen LogP contribution is -2.36. The average Bonchev–Trinajstić information content (AvgIpc) is 2.68. The van der Waals surface area contributed by atoms with Gasteiger partial charge in [-0.2, -0.15) is 0 Å². The third-order valence-corrected chi connectivity index (χ3v) is 4.21. The number of pyridine rings is 1. The Labute approximate surface area is 157 Å². The van der Waals surface area contributed by atoms with Gasteiger partial charge in [-0.3, -0.25) is 16.2 Å². The number of anilines is 2. The van der Waals surface area contributed by atoms with Gasteiger partial charge in [0.15, 0.2) is 5.90 Å². The van der Waals surface area contributed by atoms with Crippen LogP contribution in [0, 0.1) is 16.2 Å². The summed E-state index contributed by atoms with van der Waals surface area (Å²) in [4.78, 5) is 6.53. The third-order valence-electron chi connectivity index (χ3n) is 4.21. The molecule has 1 aliphatic heterocycles. The van der Waals surface area contributed by atoms with E-state index >= 15 is 0 Å². The monoisotopic (exact) mass is 366 g/mol. The summed E-state index contributed by atoms with van der Waals surface area (Å²) in [5.41, 5.74) is 8.40. The number of hydrogen-bond donors (Lipinski definition) is 4. The van der Waals surface area contributed by atoms with Crippen LogP contribution in [-0.2, 0) is 9.47 Å². The Morgan fingerprint density at radius 1 is 1.11 bits per heavy atom. The van der Waals surface area contributed by atoms with Gasteiger partial charge in [0.25, 0.3) is 0 Å². The number of ether oxygens (including phenoxy) is 2. The van der Waals surface area contributed by atoms with E-state index in [4.69, 9.17) is 31.4 Å². The fourth-order valence-electron chi connectivity index (χ4n) is 2.82. The van der Waals surface area contributed by atoms with E-state index in [0.29, 0.717) is 35.6 Å². The van der Waals surface area contributed by atoms with Crippen molar-refractivity contribution in [2.45, 2.75) is 6.92 Å². The number of nitrogens with two attached hydrogens (primary N) is 1. The molecule has 8 nitrogen and oxygen atoms in total. The molecule has 0 atom stereocenters. The van der Waals surface area contributed by atoms with Crippen molar-refractivity contribution in [2.75, 3.05) is 36.9 Å². The molecule has 8 heteroatoms. The second-order valence-corrected chi connectivity index (χ2v) is 6.17. The smallest absolute Gasteiger partial charge is 0.220 e. The summed E-state index contributed by atoms with van der Waals surface area (Å²) in [6, 6.07) is 8.55. The van der Waals surface area contributed by atoms with Crippen LogP contribution >= 0.6 is 0 Å². The average molecular weight is 366 g/mol. The maximum atomic E-state index is 8.60. The summed E-state index contributed by atoms with van der Waals surface area (Å²) in [7, 11) is 0. The van der Waals surface area contributed by atoms with Gasteiger partial charge in [-0.25, -0.2) is 4.98 Å². The Bertz CT molecular complexity index is 890. The molecule has 1 aromatic heterocycles. The zero-order valence-corrected chi connectivity index (χ0v) is 15.1. The first-order chi connectivity index (χ1) is 13.0. The number of morpholine rings is 1. The highest BCUT2D eigenvalue weighted by atomic mass is 16.5. The summed E-state index contributed by atoms with van der Waals surface area (Å²) in [6.07, 6.45) is 1.68. The maximum Gasteiger partial charge on any atom is 0.220 e. The molecule has 0 bridgehead atoms. The van der Waals surface area contributed by atoms with Crippen LogP contribution in [0.2, 0.25) is 0 Å². The van der Waals surface area contributed by atoms with Crippen LogP contribution in [0.3, 0.4) is 0 Å². The molecule has 1 aromatic carbocycles. The van der Waals surface area contributed by atoms with Gasteiger partial charge >= 0.3 is 0 Å². The highest BCUT2D eigenvalue weighted by Gasteiger charge is 2.16. The maximum absolute atomic E-state index is 8.60. The highest BCUT2D eigenvalue weighted by Crippen LogP contribution is 2.22. The van der Waals surface area contributed by atoms with Crippen molar-refractivity contribution >= 4 is 29.0 Å².